The second-order valence-electron chi connectivity index (χ2n) is 3.91. The lowest BCUT2D eigenvalue weighted by Crippen LogP contribution is -2.16. The number of hydrogen-bond donors (Lipinski definition) is 2. The number of nitrogen functional groups attached to an aromatic ring is 1. The molecule has 2 rings (SSSR count). The molecule has 20 heavy (non-hydrogen) atoms. The van der Waals surface area contributed by atoms with Gasteiger partial charge in [0.2, 0.25) is 0 Å². The Morgan fingerprint density at radius 1 is 1.10 bits per heavy atom. The zero-order valence-corrected chi connectivity index (χ0v) is 12.3. The van der Waals surface area contributed by atoms with E-state index in [4.69, 9.17) is 5.73 Å². The van der Waals surface area contributed by atoms with Gasteiger partial charge >= 0.3 is 0 Å². The molecule has 0 aliphatic rings. The van der Waals surface area contributed by atoms with Crippen LogP contribution in [-0.4, -0.2) is 8.42 Å². The molecule has 0 bridgehead atoms. The van der Waals surface area contributed by atoms with Crippen molar-refractivity contribution in [2.75, 3.05) is 10.5 Å². The summed E-state index contributed by atoms with van der Waals surface area (Å²) in [6.07, 6.45) is 0. The van der Waals surface area contributed by atoms with Crippen LogP contribution >= 0.6 is 15.9 Å². The summed E-state index contributed by atoms with van der Waals surface area (Å²) in [7, 11) is -4.26. The van der Waals surface area contributed by atoms with E-state index in [1.807, 2.05) is 0 Å². The highest BCUT2D eigenvalue weighted by atomic mass is 79.9. The van der Waals surface area contributed by atoms with Crippen LogP contribution in [0.2, 0.25) is 0 Å². The molecule has 0 amide bonds. The van der Waals surface area contributed by atoms with Crippen LogP contribution in [0.3, 0.4) is 0 Å². The van der Waals surface area contributed by atoms with Gasteiger partial charge in [-0.25, -0.2) is 17.2 Å². The molecule has 0 saturated carbocycles. The third-order valence-electron chi connectivity index (χ3n) is 2.44. The van der Waals surface area contributed by atoms with Crippen LogP contribution in [0.25, 0.3) is 0 Å². The fourth-order valence-electron chi connectivity index (χ4n) is 1.51. The zero-order valence-electron chi connectivity index (χ0n) is 9.90. The average Bonchev–Trinajstić information content (AvgIpc) is 2.35. The second-order valence-corrected chi connectivity index (χ2v) is 6.48. The van der Waals surface area contributed by atoms with Crippen LogP contribution < -0.4 is 10.5 Å². The molecule has 2 aromatic carbocycles. The Bertz CT molecular complexity index is 766. The first-order chi connectivity index (χ1) is 9.29. The molecular weight excluding hydrogens is 354 g/mol. The van der Waals surface area contributed by atoms with E-state index in [2.05, 4.69) is 20.7 Å². The summed E-state index contributed by atoms with van der Waals surface area (Å²) in [5.74, 6) is -1.90. The smallest absolute Gasteiger partial charge is 0.264 e. The van der Waals surface area contributed by atoms with Crippen LogP contribution in [0.5, 0.6) is 0 Å². The Labute approximate surface area is 122 Å². The van der Waals surface area contributed by atoms with Crippen molar-refractivity contribution >= 4 is 37.3 Å². The number of sulfonamides is 1. The van der Waals surface area contributed by atoms with E-state index in [9.17, 15) is 17.2 Å². The van der Waals surface area contributed by atoms with E-state index in [0.717, 1.165) is 12.1 Å². The van der Waals surface area contributed by atoms with Crippen LogP contribution in [-0.2, 0) is 10.0 Å². The predicted molar refractivity (Wildman–Crippen MR) is 75.7 cm³/mol. The molecule has 0 aliphatic heterocycles. The van der Waals surface area contributed by atoms with Crippen molar-refractivity contribution in [3.63, 3.8) is 0 Å². The normalized spacial score (nSPS) is 11.3. The van der Waals surface area contributed by atoms with E-state index in [0.29, 0.717) is 10.5 Å². The van der Waals surface area contributed by atoms with Gasteiger partial charge in [-0.05, 0) is 36.4 Å². The molecule has 0 radical (unpaired) electrons. The highest BCUT2D eigenvalue weighted by Crippen LogP contribution is 2.26. The SMILES string of the molecule is Nc1cc(Br)ccc1NS(=O)(=O)c1cc(F)ccc1F. The minimum atomic E-state index is -4.26. The van der Waals surface area contributed by atoms with E-state index in [1.165, 1.54) is 12.1 Å². The second kappa shape index (κ2) is 5.37. The van der Waals surface area contributed by atoms with Gasteiger partial charge in [0.25, 0.3) is 10.0 Å². The van der Waals surface area contributed by atoms with Gasteiger partial charge in [-0.2, -0.15) is 0 Å². The molecule has 0 unspecified atom stereocenters. The summed E-state index contributed by atoms with van der Waals surface area (Å²) in [5, 5.41) is 0. The Balaban J connectivity index is 2.43. The molecule has 3 N–H and O–H groups in total. The Hall–Kier alpha value is -1.67. The number of benzene rings is 2. The summed E-state index contributed by atoms with van der Waals surface area (Å²) >= 11 is 3.18. The van der Waals surface area contributed by atoms with Gasteiger partial charge in [-0.15, -0.1) is 0 Å². The Kier molecular flexibility index (Phi) is 3.96. The topological polar surface area (TPSA) is 72.2 Å². The standard InChI is InChI=1S/C12H9BrF2N2O2S/c13-7-1-4-11(10(16)5-7)17-20(18,19)12-6-8(14)2-3-9(12)15/h1-6,17H,16H2. The fourth-order valence-corrected chi connectivity index (χ4v) is 3.07. The average molecular weight is 363 g/mol. The Morgan fingerprint density at radius 3 is 2.45 bits per heavy atom. The van der Waals surface area contributed by atoms with Gasteiger partial charge in [0.1, 0.15) is 16.5 Å². The van der Waals surface area contributed by atoms with Crippen LogP contribution in [0.15, 0.2) is 45.8 Å². The first-order valence-corrected chi connectivity index (χ1v) is 7.60. The highest BCUT2D eigenvalue weighted by molar-refractivity contribution is 9.10. The number of nitrogens with two attached hydrogens (primary N) is 1. The number of nitrogens with one attached hydrogen (secondary N) is 1. The van der Waals surface area contributed by atoms with Crippen molar-refractivity contribution in [3.8, 4) is 0 Å². The lowest BCUT2D eigenvalue weighted by Gasteiger charge is -2.11. The van der Waals surface area contributed by atoms with E-state index >= 15 is 0 Å². The third-order valence-corrected chi connectivity index (χ3v) is 4.31. The molecule has 2 aromatic rings. The minimum absolute atomic E-state index is 0.0804. The molecular formula is C12H9BrF2N2O2S. The lowest BCUT2D eigenvalue weighted by atomic mass is 10.3. The maximum Gasteiger partial charge on any atom is 0.264 e. The first-order valence-electron chi connectivity index (χ1n) is 5.32. The molecule has 0 aliphatic carbocycles. The lowest BCUT2D eigenvalue weighted by molar-refractivity contribution is 0.555. The summed E-state index contributed by atoms with van der Waals surface area (Å²) in [5.41, 5.74) is 5.88. The van der Waals surface area contributed by atoms with E-state index < -0.39 is 26.6 Å². The summed E-state index contributed by atoms with van der Waals surface area (Å²) < 4.78 is 53.4. The number of rotatable bonds is 3. The van der Waals surface area contributed by atoms with Gasteiger partial charge in [0.05, 0.1) is 11.4 Å². The predicted octanol–water partition coefficient (Wildman–Crippen LogP) is 3.11. The number of halogens is 3. The van der Waals surface area contributed by atoms with Gasteiger partial charge in [0.15, 0.2) is 0 Å². The highest BCUT2D eigenvalue weighted by Gasteiger charge is 2.20. The third kappa shape index (κ3) is 3.07. The van der Waals surface area contributed by atoms with Crippen molar-refractivity contribution in [2.24, 2.45) is 0 Å². The van der Waals surface area contributed by atoms with Crippen LogP contribution in [0.1, 0.15) is 0 Å². The summed E-state index contributed by atoms with van der Waals surface area (Å²) in [6.45, 7) is 0. The Morgan fingerprint density at radius 2 is 1.80 bits per heavy atom. The van der Waals surface area contributed by atoms with Crippen molar-refractivity contribution in [1.82, 2.24) is 0 Å². The van der Waals surface area contributed by atoms with Crippen molar-refractivity contribution in [1.29, 1.82) is 0 Å². The maximum absolute atomic E-state index is 13.5. The molecule has 106 valence electrons. The monoisotopic (exact) mass is 362 g/mol. The maximum atomic E-state index is 13.5. The van der Waals surface area contributed by atoms with Gasteiger partial charge in [-0.1, -0.05) is 15.9 Å². The van der Waals surface area contributed by atoms with Gasteiger partial charge in [0, 0.05) is 4.47 Å². The van der Waals surface area contributed by atoms with E-state index in [-0.39, 0.29) is 11.4 Å². The number of anilines is 2. The van der Waals surface area contributed by atoms with Gasteiger partial charge in [-0.3, -0.25) is 4.72 Å². The van der Waals surface area contributed by atoms with Crippen molar-refractivity contribution in [3.05, 3.63) is 52.5 Å². The molecule has 0 spiro atoms. The molecule has 0 aromatic heterocycles. The van der Waals surface area contributed by atoms with Gasteiger partial charge < -0.3 is 5.73 Å². The van der Waals surface area contributed by atoms with E-state index in [1.54, 1.807) is 6.07 Å². The van der Waals surface area contributed by atoms with Crippen molar-refractivity contribution in [2.45, 2.75) is 4.90 Å². The molecule has 0 heterocycles. The first kappa shape index (κ1) is 14.7. The van der Waals surface area contributed by atoms with Crippen LogP contribution in [0, 0.1) is 11.6 Å². The van der Waals surface area contributed by atoms with Crippen LogP contribution in [0.4, 0.5) is 20.2 Å². The van der Waals surface area contributed by atoms with Crippen molar-refractivity contribution < 1.29 is 17.2 Å². The zero-order chi connectivity index (χ0) is 14.9. The molecule has 0 atom stereocenters. The molecule has 0 fully saturated rings. The summed E-state index contributed by atoms with van der Waals surface area (Å²) in [6, 6.07) is 6.65. The minimum Gasteiger partial charge on any atom is -0.397 e. The quantitative estimate of drug-likeness (QED) is 0.824. The fraction of sp³-hybridized carbons (Fsp3) is 0. The summed E-state index contributed by atoms with van der Waals surface area (Å²) in [4.78, 5) is -0.778. The molecule has 4 nitrogen and oxygen atoms in total. The largest absolute Gasteiger partial charge is 0.397 e. The molecule has 8 heteroatoms. The number of hydrogen-bond acceptors (Lipinski definition) is 3. The molecule has 0 saturated heterocycles.